The summed E-state index contributed by atoms with van der Waals surface area (Å²) in [5.74, 6) is 1.37. The van der Waals surface area contributed by atoms with E-state index in [9.17, 15) is 22.4 Å². The standard InChI is InChI=1S/C42H39OP.C12H17N.C10H12.C6H8N.4Ar.BF4.W/c1-28-22-30(3)40(31(4)23-28)38-26-37(27-39(42(38)43)41-32(5)24-29(2)25-33(41)6)44(34-16-10-7-11-17-34,35-18-12-8-13-19-35)36-20-14-9-15-21-36;1-8(2)10-6-5-7-11(9(3)4)12(10)13;1-10(2,3)9-7-5-4-6-8-9;1-5-3-4-6(2)7-5;;;;;2-1(3,4)5;/h7-27H,1-6H3;5-9H,1-4H3;1,4-8H,2-3H3;3-4H,1-2H3;;;;;;/q;;;-1;;;;;-1;/p+1. The zero-order chi connectivity index (χ0) is 58.5. The summed E-state index contributed by atoms with van der Waals surface area (Å²) in [6.07, 6.45) is 0. The van der Waals surface area contributed by atoms with Gasteiger partial charge in [0.1, 0.15) is 34.2 Å². The summed E-state index contributed by atoms with van der Waals surface area (Å²) in [4.78, 5) is 4.11. The topological polar surface area (TPSA) is 46.7 Å². The molecular formula is C70H77Ar4BF4N2OPW-. The molecule has 448 valence electrons. The van der Waals surface area contributed by atoms with Crippen LogP contribution in [0.2, 0.25) is 0 Å². The van der Waals surface area contributed by atoms with Crippen LogP contribution in [0, 0.1) is 206 Å². The van der Waals surface area contributed by atoms with Crippen molar-refractivity contribution in [2.75, 3.05) is 0 Å². The van der Waals surface area contributed by atoms with Crippen molar-refractivity contribution in [1.29, 1.82) is 0 Å². The van der Waals surface area contributed by atoms with Crippen LogP contribution in [0.4, 0.5) is 23.0 Å². The Morgan fingerprint density at radius 3 is 1.10 bits per heavy atom. The number of aromatic nitrogens is 1. The zero-order valence-electron chi connectivity index (χ0n) is 50.3. The number of benzene rings is 8. The van der Waals surface area contributed by atoms with E-state index in [4.69, 9.17) is 3.50 Å². The number of hydrogen-bond acceptors (Lipinski definition) is 2. The quantitative estimate of drug-likeness (QED) is 0.0797. The molecule has 14 heteroatoms. The van der Waals surface area contributed by atoms with Crippen molar-refractivity contribution in [2.45, 2.75) is 114 Å². The molecule has 0 amide bonds. The molecule has 0 spiro atoms. The Labute approximate surface area is 627 Å². The van der Waals surface area contributed by atoms with Crippen molar-refractivity contribution < 1.29 is 191 Å². The number of hydrogen-bond donors (Lipinski definition) is 1. The Kier molecular flexibility index (Phi) is 34.0. The molecule has 8 aromatic carbocycles. The van der Waals surface area contributed by atoms with Gasteiger partial charge in [0, 0.05) is 162 Å². The molecule has 1 N–H and O–H groups in total. The van der Waals surface area contributed by atoms with Crippen LogP contribution in [0.3, 0.4) is 0 Å². The third-order valence-electron chi connectivity index (χ3n) is 14.1. The van der Waals surface area contributed by atoms with Crippen LogP contribution in [0.15, 0.2) is 192 Å². The average molecular weight is 1420 g/mol. The van der Waals surface area contributed by atoms with E-state index in [2.05, 4.69) is 268 Å². The van der Waals surface area contributed by atoms with E-state index in [-0.39, 0.29) is 156 Å². The minimum Gasteiger partial charge on any atom is -0.665 e. The van der Waals surface area contributed by atoms with E-state index in [1.54, 1.807) is 0 Å². The molecule has 0 aliphatic heterocycles. The van der Waals surface area contributed by atoms with Crippen molar-refractivity contribution in [1.82, 2.24) is 4.98 Å². The van der Waals surface area contributed by atoms with E-state index < -0.39 is 32.4 Å². The molecule has 0 aliphatic carbocycles. The van der Waals surface area contributed by atoms with Crippen molar-refractivity contribution in [3.63, 3.8) is 0 Å². The third-order valence-corrected chi connectivity index (χ3v) is 21.9. The van der Waals surface area contributed by atoms with Crippen molar-refractivity contribution in [3.8, 4) is 28.0 Å². The second-order valence-electron chi connectivity index (χ2n) is 21.8. The molecular weight excluding hydrogens is 1350 g/mol. The van der Waals surface area contributed by atoms with Crippen LogP contribution in [-0.4, -0.2) is 16.8 Å². The monoisotopic (exact) mass is 1420 g/mol. The number of nitrogens with zero attached hydrogens (tertiary/aromatic N) is 2. The summed E-state index contributed by atoms with van der Waals surface area (Å²) in [6, 6.07) is 67.9. The SMILES string of the molecule is CC(C)c1cccc(C(C)C)c1[N]=[W]=[CH]C(C)(C)c1ccccc1.Cc1cc(C)c(-c2cc([P+](c3ccccc3)(c3ccccc3)c3ccccc3)cc(-c3c(C)cc(C)cc3C)c2O)c(C)c1.Cc1ccc(C)[n-]1.F[B-](F)(F)F.[Ar].[Ar].[Ar].[Ar]. The van der Waals surface area contributed by atoms with Gasteiger partial charge in [-0.1, -0.05) is 116 Å². The van der Waals surface area contributed by atoms with Crippen molar-refractivity contribution >= 4 is 45.8 Å². The summed E-state index contributed by atoms with van der Waals surface area (Å²) in [5, 5.41) is 17.4. The summed E-state index contributed by atoms with van der Waals surface area (Å²) < 4.78 is 46.7. The first-order chi connectivity index (χ1) is 37.8. The molecule has 0 saturated heterocycles. The van der Waals surface area contributed by atoms with Crippen LogP contribution in [0.25, 0.3) is 22.3 Å². The van der Waals surface area contributed by atoms with E-state index in [0.717, 1.165) is 33.6 Å². The second kappa shape index (κ2) is 36.3. The molecule has 0 fully saturated rings. The molecule has 9 aromatic rings. The van der Waals surface area contributed by atoms with Gasteiger partial charge >= 0.3 is 163 Å². The Balaban J connectivity index is 0.000000505. The molecule has 0 saturated carbocycles. The fraction of sp³-hybridized carbons (Fsp3) is 0.243. The Morgan fingerprint density at radius 1 is 0.476 bits per heavy atom. The number of rotatable bonds is 11. The number of halogens is 4. The van der Waals surface area contributed by atoms with Crippen LogP contribution in [-0.2, 0) is 23.3 Å². The summed E-state index contributed by atoms with van der Waals surface area (Å²) in [6.45, 7) is 30.6. The minimum absolute atomic E-state index is 0. The number of phenolic OH excluding ortho intramolecular Hbond substituents is 1. The molecule has 0 aliphatic rings. The van der Waals surface area contributed by atoms with Gasteiger partial charge in [-0.2, -0.15) is 11.4 Å². The van der Waals surface area contributed by atoms with Crippen LogP contribution in [0.1, 0.15) is 115 Å². The number of aromatic hydroxyl groups is 1. The molecule has 0 radical (unpaired) electrons. The van der Waals surface area contributed by atoms with Crippen molar-refractivity contribution in [2.24, 2.45) is 3.50 Å². The predicted molar refractivity (Wildman–Crippen MR) is 334 cm³/mol. The average Bonchev–Trinajstić information content (AvgIpc) is 3.34. The van der Waals surface area contributed by atoms with Gasteiger partial charge in [-0.3, -0.25) is 0 Å². The van der Waals surface area contributed by atoms with Gasteiger partial charge < -0.3 is 27.4 Å². The minimum atomic E-state index is -6.00. The van der Waals surface area contributed by atoms with Gasteiger partial charge in [-0.05, 0) is 123 Å². The summed E-state index contributed by atoms with van der Waals surface area (Å²) in [5.41, 5.74) is 18.9. The first-order valence-corrected chi connectivity index (χ1v) is 32.1. The largest absolute Gasteiger partial charge is 0.673 e. The Bertz CT molecular complexity index is 3310. The predicted octanol–water partition coefficient (Wildman–Crippen LogP) is 18.4. The van der Waals surface area contributed by atoms with E-state index in [1.807, 2.05) is 26.0 Å². The molecule has 9 rings (SSSR count). The molecule has 1 heterocycles. The van der Waals surface area contributed by atoms with Crippen molar-refractivity contribution in [3.05, 3.63) is 250 Å². The fourth-order valence-corrected chi connectivity index (χ4v) is 17.7. The van der Waals surface area contributed by atoms with Gasteiger partial charge in [0.15, 0.2) is 0 Å². The van der Waals surface area contributed by atoms with Crippen LogP contribution in [0.5, 0.6) is 5.75 Å². The first-order valence-electron chi connectivity index (χ1n) is 27.3. The zero-order valence-corrected chi connectivity index (χ0v) is 57.0. The maximum atomic E-state index is 12.3. The maximum Gasteiger partial charge on any atom is 0.673 e. The summed E-state index contributed by atoms with van der Waals surface area (Å²) in [7, 11) is -8.41. The first kappa shape index (κ1) is 78.5. The molecule has 0 unspecified atom stereocenters. The number of aryl methyl sites for hydroxylation is 8. The molecule has 84 heavy (non-hydrogen) atoms. The Hall–Kier alpha value is -1.55. The number of phenols is 1. The molecule has 0 atom stereocenters. The summed E-state index contributed by atoms with van der Waals surface area (Å²) >= 11 is -0.918. The van der Waals surface area contributed by atoms with E-state index in [0.29, 0.717) is 17.6 Å². The van der Waals surface area contributed by atoms with Gasteiger partial charge in [-0.15, -0.1) is 0 Å². The van der Waals surface area contributed by atoms with Gasteiger partial charge in [0.2, 0.25) is 0 Å². The van der Waals surface area contributed by atoms with Crippen LogP contribution >= 0.6 is 7.26 Å². The van der Waals surface area contributed by atoms with Crippen LogP contribution < -0.4 is 26.2 Å². The van der Waals surface area contributed by atoms with E-state index in [1.165, 1.54) is 77.0 Å². The molecule has 1 aromatic heterocycles. The van der Waals surface area contributed by atoms with Gasteiger partial charge in [0.05, 0.1) is 0 Å². The fourth-order valence-electron chi connectivity index (χ4n) is 10.6. The normalized spacial score (nSPS) is 10.9. The Morgan fingerprint density at radius 2 is 0.798 bits per heavy atom. The molecule has 3 nitrogen and oxygen atoms in total. The maximum absolute atomic E-state index is 12.3. The van der Waals surface area contributed by atoms with Gasteiger partial charge in [0.25, 0.3) is 0 Å². The second-order valence-corrected chi connectivity index (χ2v) is 27.5. The smallest absolute Gasteiger partial charge is 0.665 e. The third kappa shape index (κ3) is 21.3. The molecule has 0 bridgehead atoms. The van der Waals surface area contributed by atoms with E-state index >= 15 is 0 Å². The van der Waals surface area contributed by atoms with Gasteiger partial charge in [-0.25, -0.2) is 0 Å².